The van der Waals surface area contributed by atoms with E-state index in [9.17, 15) is 9.90 Å². The highest BCUT2D eigenvalue weighted by Gasteiger charge is 2.24. The number of hydrazine groups is 1. The Labute approximate surface area is 164 Å². The molecular weight excluding hydrogens is 384 g/mol. The van der Waals surface area contributed by atoms with Gasteiger partial charge < -0.3 is 5.11 Å². The summed E-state index contributed by atoms with van der Waals surface area (Å²) in [5.41, 5.74) is 6.98. The molecule has 0 aliphatic heterocycles. The smallest absolute Gasteiger partial charge is 0.394 e. The van der Waals surface area contributed by atoms with Crippen molar-refractivity contribution in [2.24, 2.45) is 5.84 Å². The molecule has 28 heavy (non-hydrogen) atoms. The zero-order valence-electron chi connectivity index (χ0n) is 16.4. The lowest BCUT2D eigenvalue weighted by atomic mass is 9.83. The van der Waals surface area contributed by atoms with Crippen LogP contribution in [0.4, 0.5) is 0 Å². The molecule has 0 heterocycles. The first-order valence-electron chi connectivity index (χ1n) is 8.31. The van der Waals surface area contributed by atoms with Gasteiger partial charge in [0.2, 0.25) is 0 Å². The number of hydrogen-bond donors (Lipinski definition) is 5. The average Bonchev–Trinajstić information content (AvgIpc) is 2.54. The summed E-state index contributed by atoms with van der Waals surface area (Å²) in [4.78, 5) is 12.0. The number of carbonyl (C=O) groups excluding carboxylic acids is 1. The lowest BCUT2D eigenvalue weighted by Crippen LogP contribution is -2.30. The predicted octanol–water partition coefficient (Wildman–Crippen LogP) is 2.92. The largest absolute Gasteiger partial charge is 0.507 e. The molecular formula is C19H26N2O6S. The fourth-order valence-electron chi connectivity index (χ4n) is 2.54. The van der Waals surface area contributed by atoms with Gasteiger partial charge in [0.05, 0.1) is 5.56 Å². The van der Waals surface area contributed by atoms with Crippen molar-refractivity contribution in [2.45, 2.75) is 40.0 Å². The highest BCUT2D eigenvalue weighted by atomic mass is 32.3. The van der Waals surface area contributed by atoms with Crippen molar-refractivity contribution >= 4 is 16.3 Å². The minimum atomic E-state index is -4.67. The third-order valence-electron chi connectivity index (χ3n) is 4.13. The van der Waals surface area contributed by atoms with Gasteiger partial charge in [-0.1, -0.05) is 39.0 Å². The number of nitrogen functional groups attached to an aromatic ring is 1. The van der Waals surface area contributed by atoms with Crippen molar-refractivity contribution in [3.05, 3.63) is 52.6 Å². The Morgan fingerprint density at radius 1 is 1.00 bits per heavy atom. The summed E-state index contributed by atoms with van der Waals surface area (Å²) in [7, 11) is -4.67. The predicted molar refractivity (Wildman–Crippen MR) is 108 cm³/mol. The van der Waals surface area contributed by atoms with E-state index in [4.69, 9.17) is 23.4 Å². The Bertz CT molecular complexity index is 971. The molecule has 0 bridgehead atoms. The van der Waals surface area contributed by atoms with Crippen LogP contribution in [-0.4, -0.2) is 28.5 Å². The number of phenols is 1. The van der Waals surface area contributed by atoms with Crippen molar-refractivity contribution in [3.8, 4) is 16.9 Å². The lowest BCUT2D eigenvalue weighted by molar-refractivity contribution is 0.0950. The molecule has 2 rings (SSSR count). The van der Waals surface area contributed by atoms with Gasteiger partial charge in [-0.15, -0.1) is 0 Å². The first-order valence-corrected chi connectivity index (χ1v) is 9.70. The molecule has 154 valence electrons. The molecule has 0 atom stereocenters. The summed E-state index contributed by atoms with van der Waals surface area (Å²) >= 11 is 0. The number of phenolic OH excluding ortho intramolecular Hbond substituents is 1. The van der Waals surface area contributed by atoms with Gasteiger partial charge in [-0.25, -0.2) is 5.84 Å². The van der Waals surface area contributed by atoms with E-state index in [1.165, 1.54) is 11.1 Å². The van der Waals surface area contributed by atoms with E-state index in [-0.39, 0.29) is 16.7 Å². The van der Waals surface area contributed by atoms with E-state index >= 15 is 0 Å². The van der Waals surface area contributed by atoms with Crippen LogP contribution in [-0.2, 0) is 15.8 Å². The molecule has 8 nitrogen and oxygen atoms in total. The third-order valence-corrected chi connectivity index (χ3v) is 4.13. The maximum absolute atomic E-state index is 12.0. The minimum Gasteiger partial charge on any atom is -0.507 e. The first-order chi connectivity index (χ1) is 12.6. The van der Waals surface area contributed by atoms with E-state index in [1.54, 1.807) is 6.07 Å². The first kappa shape index (κ1) is 23.6. The van der Waals surface area contributed by atoms with Crippen LogP contribution in [0.25, 0.3) is 11.1 Å². The van der Waals surface area contributed by atoms with Crippen LogP contribution >= 0.6 is 0 Å². The summed E-state index contributed by atoms with van der Waals surface area (Å²) in [5, 5.41) is 10.5. The van der Waals surface area contributed by atoms with Crippen LogP contribution < -0.4 is 11.3 Å². The van der Waals surface area contributed by atoms with Gasteiger partial charge in [-0.3, -0.25) is 19.3 Å². The van der Waals surface area contributed by atoms with E-state index in [2.05, 4.69) is 31.4 Å². The number of nitrogens with one attached hydrogen (secondary N) is 1. The average molecular weight is 410 g/mol. The Balaban J connectivity index is 0.000000696. The van der Waals surface area contributed by atoms with Crippen LogP contribution in [0.3, 0.4) is 0 Å². The van der Waals surface area contributed by atoms with Crippen LogP contribution in [0.5, 0.6) is 5.75 Å². The molecule has 1 amide bonds. The van der Waals surface area contributed by atoms with Crippen molar-refractivity contribution < 1.29 is 27.4 Å². The van der Waals surface area contributed by atoms with Crippen molar-refractivity contribution in [1.29, 1.82) is 0 Å². The topological polar surface area (TPSA) is 150 Å². The maximum atomic E-state index is 12.0. The van der Waals surface area contributed by atoms with Gasteiger partial charge >= 0.3 is 10.4 Å². The zero-order chi connectivity index (χ0) is 21.9. The Kier molecular flexibility index (Phi) is 7.32. The van der Waals surface area contributed by atoms with Gasteiger partial charge in [0.25, 0.3) is 5.91 Å². The molecule has 0 aromatic heterocycles. The molecule has 0 spiro atoms. The fraction of sp³-hybridized carbons (Fsp3) is 0.316. The lowest BCUT2D eigenvalue weighted by Gasteiger charge is -2.23. The molecule has 0 aliphatic carbocycles. The Morgan fingerprint density at radius 2 is 1.54 bits per heavy atom. The van der Waals surface area contributed by atoms with E-state index in [1.807, 2.05) is 32.9 Å². The summed E-state index contributed by atoms with van der Waals surface area (Å²) < 4.78 is 31.6. The number of benzene rings is 2. The molecule has 0 aliphatic rings. The van der Waals surface area contributed by atoms with Crippen LogP contribution in [0, 0.1) is 13.8 Å². The highest BCUT2D eigenvalue weighted by molar-refractivity contribution is 7.79. The van der Waals surface area contributed by atoms with Crippen molar-refractivity contribution in [1.82, 2.24) is 5.43 Å². The normalized spacial score (nSPS) is 11.4. The number of rotatable bonds is 2. The van der Waals surface area contributed by atoms with Gasteiger partial charge in [-0.05, 0) is 53.6 Å². The molecule has 9 heteroatoms. The maximum Gasteiger partial charge on any atom is 0.394 e. The number of nitrogens with two attached hydrogens (primary N) is 1. The van der Waals surface area contributed by atoms with Crippen LogP contribution in [0.1, 0.15) is 47.8 Å². The van der Waals surface area contributed by atoms with Crippen molar-refractivity contribution in [3.63, 3.8) is 0 Å². The molecule has 2 aromatic rings. The number of aromatic hydroxyl groups is 1. The van der Waals surface area contributed by atoms with E-state index in [0.29, 0.717) is 5.56 Å². The number of amides is 1. The summed E-state index contributed by atoms with van der Waals surface area (Å²) in [6, 6.07) is 9.77. The van der Waals surface area contributed by atoms with Gasteiger partial charge in [-0.2, -0.15) is 8.42 Å². The molecule has 0 fully saturated rings. The van der Waals surface area contributed by atoms with Crippen LogP contribution in [0.15, 0.2) is 30.3 Å². The molecule has 0 saturated carbocycles. The van der Waals surface area contributed by atoms with Crippen LogP contribution in [0.2, 0.25) is 0 Å². The number of carbonyl (C=O) groups is 1. The monoisotopic (exact) mass is 410 g/mol. The SMILES string of the molecule is Cc1ccc(-c2cc(C(=O)NN)c(O)c(C(C)(C)C)c2)cc1C.O=S(=O)(O)O. The second-order valence-electron chi connectivity index (χ2n) is 7.39. The van der Waals surface area contributed by atoms with E-state index in [0.717, 1.165) is 11.1 Å². The molecule has 2 aromatic carbocycles. The summed E-state index contributed by atoms with van der Waals surface area (Å²) in [5.74, 6) is 4.73. The second kappa shape index (κ2) is 8.70. The second-order valence-corrected chi connectivity index (χ2v) is 8.29. The summed E-state index contributed by atoms with van der Waals surface area (Å²) in [6.45, 7) is 10.1. The molecule has 0 unspecified atom stereocenters. The molecule has 0 radical (unpaired) electrons. The Hall–Kier alpha value is -2.46. The highest BCUT2D eigenvalue weighted by Crippen LogP contribution is 2.37. The van der Waals surface area contributed by atoms with E-state index < -0.39 is 16.3 Å². The molecule has 0 saturated heterocycles. The third kappa shape index (κ3) is 6.61. The van der Waals surface area contributed by atoms with Gasteiger partial charge in [0.1, 0.15) is 5.75 Å². The number of aryl methyl sites for hydroxylation is 2. The van der Waals surface area contributed by atoms with Gasteiger partial charge in [0.15, 0.2) is 0 Å². The molecule has 6 N–H and O–H groups in total. The minimum absolute atomic E-state index is 0.0203. The standard InChI is InChI=1S/C19H24N2O2.H2O4S/c1-11-6-7-13(8-12(11)2)14-9-15(18(23)21-20)17(22)16(10-14)19(3,4)5;1-5(2,3)4/h6-10,22H,20H2,1-5H3,(H,21,23);(H2,1,2,3,4). The van der Waals surface area contributed by atoms with Crippen molar-refractivity contribution in [2.75, 3.05) is 0 Å². The Morgan fingerprint density at radius 3 is 1.96 bits per heavy atom. The fourth-order valence-corrected chi connectivity index (χ4v) is 2.54. The zero-order valence-corrected chi connectivity index (χ0v) is 17.3. The van der Waals surface area contributed by atoms with Gasteiger partial charge in [0, 0.05) is 5.56 Å². The quantitative estimate of drug-likeness (QED) is 0.221. The summed E-state index contributed by atoms with van der Waals surface area (Å²) in [6.07, 6.45) is 0. The number of hydrogen-bond acceptors (Lipinski definition) is 5.